The highest BCUT2D eigenvalue weighted by atomic mass is 127. The van der Waals surface area contributed by atoms with Gasteiger partial charge in [-0.25, -0.2) is 0 Å². The van der Waals surface area contributed by atoms with Gasteiger partial charge in [-0.2, -0.15) is 0 Å². The normalized spacial score (nSPS) is 19.1. The van der Waals surface area contributed by atoms with Crippen LogP contribution in [0.1, 0.15) is 32.7 Å². The molecular weight excluding hydrogens is 457 g/mol. The van der Waals surface area contributed by atoms with Gasteiger partial charge in [-0.05, 0) is 47.2 Å². The molecule has 1 aliphatic carbocycles. The molecule has 1 atom stereocenters. The lowest BCUT2D eigenvalue weighted by atomic mass is 10.1. The van der Waals surface area contributed by atoms with E-state index in [1.807, 2.05) is 47.4 Å². The maximum atomic E-state index is 12.8. The van der Waals surface area contributed by atoms with Gasteiger partial charge in [0.1, 0.15) is 18.5 Å². The van der Waals surface area contributed by atoms with Crippen molar-refractivity contribution in [2.45, 2.75) is 18.9 Å². The summed E-state index contributed by atoms with van der Waals surface area (Å²) in [5, 5.41) is 0. The van der Waals surface area contributed by atoms with E-state index in [1.165, 1.54) is 0 Å². The minimum atomic E-state index is -0.183. The van der Waals surface area contributed by atoms with Crippen LogP contribution < -0.4 is 4.74 Å². The standard InChI is InChI=1S/C21H20INO4/c22-18-6-2-1-4-17(18)21(25)23-10-11-26-14(12-23)13-27-20-7-3-5-15-16(20)8-9-19(15)24/h1-7,14H,8-13H2. The van der Waals surface area contributed by atoms with Crippen molar-refractivity contribution in [2.75, 3.05) is 26.3 Å². The number of hydrogen-bond acceptors (Lipinski definition) is 4. The lowest BCUT2D eigenvalue weighted by Crippen LogP contribution is -2.47. The molecule has 1 aliphatic heterocycles. The number of benzene rings is 2. The monoisotopic (exact) mass is 477 g/mol. The number of rotatable bonds is 4. The Kier molecular flexibility index (Phi) is 5.45. The average Bonchev–Trinajstić information content (AvgIpc) is 3.08. The van der Waals surface area contributed by atoms with E-state index in [1.54, 1.807) is 0 Å². The van der Waals surface area contributed by atoms with Crippen molar-refractivity contribution in [1.82, 2.24) is 4.90 Å². The van der Waals surface area contributed by atoms with Crippen molar-refractivity contribution in [3.63, 3.8) is 0 Å². The van der Waals surface area contributed by atoms with Gasteiger partial charge in [0.2, 0.25) is 0 Å². The summed E-state index contributed by atoms with van der Waals surface area (Å²) in [4.78, 5) is 26.5. The van der Waals surface area contributed by atoms with Crippen LogP contribution in [0.15, 0.2) is 42.5 Å². The number of carbonyl (C=O) groups is 2. The van der Waals surface area contributed by atoms with Gasteiger partial charge in [-0.15, -0.1) is 0 Å². The molecule has 5 nitrogen and oxygen atoms in total. The molecule has 0 saturated carbocycles. The summed E-state index contributed by atoms with van der Waals surface area (Å²) in [5.74, 6) is 0.959. The van der Waals surface area contributed by atoms with Crippen LogP contribution in [0.4, 0.5) is 0 Å². The van der Waals surface area contributed by atoms with Crippen LogP contribution in [0.25, 0.3) is 0 Å². The Morgan fingerprint density at radius 1 is 1.19 bits per heavy atom. The highest BCUT2D eigenvalue weighted by Gasteiger charge is 2.27. The highest BCUT2D eigenvalue weighted by Crippen LogP contribution is 2.30. The van der Waals surface area contributed by atoms with Crippen LogP contribution >= 0.6 is 22.6 Å². The van der Waals surface area contributed by atoms with E-state index in [4.69, 9.17) is 9.47 Å². The Morgan fingerprint density at radius 2 is 2.04 bits per heavy atom. The minimum Gasteiger partial charge on any atom is -0.491 e. The van der Waals surface area contributed by atoms with Crippen LogP contribution in [0.2, 0.25) is 0 Å². The number of nitrogens with zero attached hydrogens (tertiary/aromatic N) is 1. The molecule has 6 heteroatoms. The van der Waals surface area contributed by atoms with E-state index in [2.05, 4.69) is 22.6 Å². The Morgan fingerprint density at radius 3 is 2.89 bits per heavy atom. The number of hydrogen-bond donors (Lipinski definition) is 0. The average molecular weight is 477 g/mol. The van der Waals surface area contributed by atoms with Crippen molar-refractivity contribution in [3.8, 4) is 5.75 Å². The quantitative estimate of drug-likeness (QED) is 0.635. The van der Waals surface area contributed by atoms with E-state index in [0.29, 0.717) is 32.7 Å². The van der Waals surface area contributed by atoms with Crippen molar-refractivity contribution >= 4 is 34.3 Å². The number of ether oxygens (including phenoxy) is 2. The third kappa shape index (κ3) is 3.87. The number of ketones is 1. The number of halogens is 1. The Hall–Kier alpha value is -1.93. The van der Waals surface area contributed by atoms with E-state index in [9.17, 15) is 9.59 Å². The third-order valence-corrected chi connectivity index (χ3v) is 5.93. The van der Waals surface area contributed by atoms with Crippen LogP contribution in [0.3, 0.4) is 0 Å². The first-order chi connectivity index (χ1) is 13.1. The fourth-order valence-electron chi connectivity index (χ4n) is 3.59. The molecule has 0 N–H and O–H groups in total. The van der Waals surface area contributed by atoms with Crippen molar-refractivity contribution in [1.29, 1.82) is 0 Å². The Bertz CT molecular complexity index is 882. The zero-order valence-corrected chi connectivity index (χ0v) is 17.0. The number of Topliss-reactive ketones (excluding diaryl/α,β-unsaturated/α-hetero) is 1. The van der Waals surface area contributed by atoms with Crippen molar-refractivity contribution in [2.24, 2.45) is 0 Å². The molecule has 2 aliphatic rings. The molecule has 27 heavy (non-hydrogen) atoms. The summed E-state index contributed by atoms with van der Waals surface area (Å²) in [5.41, 5.74) is 2.48. The largest absolute Gasteiger partial charge is 0.491 e. The first-order valence-corrected chi connectivity index (χ1v) is 10.1. The van der Waals surface area contributed by atoms with Gasteiger partial charge in [-0.3, -0.25) is 9.59 Å². The smallest absolute Gasteiger partial charge is 0.255 e. The van der Waals surface area contributed by atoms with Crippen molar-refractivity contribution < 1.29 is 19.1 Å². The summed E-state index contributed by atoms with van der Waals surface area (Å²) in [6, 6.07) is 13.2. The molecule has 2 aromatic carbocycles. The first kappa shape index (κ1) is 18.4. The summed E-state index contributed by atoms with van der Waals surface area (Å²) >= 11 is 2.19. The van der Waals surface area contributed by atoms with E-state index in [0.717, 1.165) is 32.4 Å². The molecule has 1 saturated heterocycles. The fraction of sp³-hybridized carbons (Fsp3) is 0.333. The second-order valence-corrected chi connectivity index (χ2v) is 7.90. The van der Waals surface area contributed by atoms with E-state index < -0.39 is 0 Å². The molecular formula is C21H20INO4. The maximum absolute atomic E-state index is 12.8. The molecule has 1 unspecified atom stereocenters. The third-order valence-electron chi connectivity index (χ3n) is 4.99. The maximum Gasteiger partial charge on any atom is 0.255 e. The van der Waals surface area contributed by atoms with Gasteiger partial charge in [0.25, 0.3) is 5.91 Å². The van der Waals surface area contributed by atoms with E-state index >= 15 is 0 Å². The second kappa shape index (κ2) is 7.98. The molecule has 0 radical (unpaired) electrons. The molecule has 0 aromatic heterocycles. The molecule has 140 valence electrons. The minimum absolute atomic E-state index is 0.0273. The number of fused-ring (bicyclic) bond motifs is 1. The van der Waals surface area contributed by atoms with Gasteiger partial charge in [0, 0.05) is 27.7 Å². The zero-order valence-electron chi connectivity index (χ0n) is 14.8. The lowest BCUT2D eigenvalue weighted by molar-refractivity contribution is -0.0402. The molecule has 1 fully saturated rings. The summed E-state index contributed by atoms with van der Waals surface area (Å²) in [6.45, 7) is 1.93. The molecule has 4 rings (SSSR count). The summed E-state index contributed by atoms with van der Waals surface area (Å²) in [6.07, 6.45) is 1.10. The summed E-state index contributed by atoms with van der Waals surface area (Å²) < 4.78 is 12.7. The second-order valence-electron chi connectivity index (χ2n) is 6.74. The molecule has 1 heterocycles. The molecule has 0 bridgehead atoms. The fourth-order valence-corrected chi connectivity index (χ4v) is 4.20. The van der Waals surface area contributed by atoms with Crippen LogP contribution in [-0.2, 0) is 11.2 Å². The molecule has 2 aromatic rings. The van der Waals surface area contributed by atoms with Gasteiger partial charge < -0.3 is 14.4 Å². The molecule has 0 spiro atoms. The Balaban J connectivity index is 1.41. The number of morpholine rings is 1. The zero-order chi connectivity index (χ0) is 18.8. The van der Waals surface area contributed by atoms with Gasteiger partial charge >= 0.3 is 0 Å². The number of amides is 1. The van der Waals surface area contributed by atoms with Gasteiger partial charge in [0.15, 0.2) is 5.78 Å². The topological polar surface area (TPSA) is 55.8 Å². The van der Waals surface area contributed by atoms with Crippen molar-refractivity contribution in [3.05, 3.63) is 62.7 Å². The predicted octanol–water partition coefficient (Wildman–Crippen LogP) is 3.34. The summed E-state index contributed by atoms with van der Waals surface area (Å²) in [7, 11) is 0. The Labute approximate surface area is 171 Å². The van der Waals surface area contributed by atoms with Crippen LogP contribution in [0.5, 0.6) is 5.75 Å². The van der Waals surface area contributed by atoms with E-state index in [-0.39, 0.29) is 17.8 Å². The van der Waals surface area contributed by atoms with Gasteiger partial charge in [0.05, 0.1) is 18.7 Å². The SMILES string of the molecule is O=C1CCc2c(OCC3CN(C(=O)c4ccccc4I)CCO3)cccc21. The first-order valence-electron chi connectivity index (χ1n) is 9.07. The molecule has 1 amide bonds. The van der Waals surface area contributed by atoms with Crippen LogP contribution in [0, 0.1) is 3.57 Å². The highest BCUT2D eigenvalue weighted by molar-refractivity contribution is 14.1. The predicted molar refractivity (Wildman–Crippen MR) is 109 cm³/mol. The lowest BCUT2D eigenvalue weighted by Gasteiger charge is -2.33. The van der Waals surface area contributed by atoms with Gasteiger partial charge in [-0.1, -0.05) is 24.3 Å². The number of carbonyl (C=O) groups excluding carboxylic acids is 2. The van der Waals surface area contributed by atoms with Crippen LogP contribution in [-0.4, -0.2) is 49.0 Å².